The number of ether oxygens (including phenoxy) is 2. The highest BCUT2D eigenvalue weighted by atomic mass is 16.7. The van der Waals surface area contributed by atoms with E-state index in [1.54, 1.807) is 0 Å². The summed E-state index contributed by atoms with van der Waals surface area (Å²) < 4.78 is 10.9. The molecule has 3 nitrogen and oxygen atoms in total. The van der Waals surface area contributed by atoms with Crippen molar-refractivity contribution >= 4 is 6.16 Å². The summed E-state index contributed by atoms with van der Waals surface area (Å²) >= 11 is 0. The first-order chi connectivity index (χ1) is 8.63. The zero-order valence-corrected chi connectivity index (χ0v) is 11.7. The Hall–Kier alpha value is -0.730. The largest absolute Gasteiger partial charge is 0.508 e. The van der Waals surface area contributed by atoms with Crippen molar-refractivity contribution in [2.45, 2.75) is 77.4 Å². The summed E-state index contributed by atoms with van der Waals surface area (Å²) in [4.78, 5) is 11.7. The minimum atomic E-state index is -0.437. The summed E-state index contributed by atoms with van der Waals surface area (Å²) in [5.74, 6) is 1.34. The molecule has 0 radical (unpaired) electrons. The van der Waals surface area contributed by atoms with Crippen LogP contribution in [0.3, 0.4) is 0 Å². The Labute approximate surface area is 110 Å². The molecule has 0 N–H and O–H groups in total. The predicted octanol–water partition coefficient (Wildman–Crippen LogP) is 4.30. The summed E-state index contributed by atoms with van der Waals surface area (Å²) in [6, 6.07) is 0. The lowest BCUT2D eigenvalue weighted by molar-refractivity contribution is -0.0277. The Morgan fingerprint density at radius 3 is 1.67 bits per heavy atom. The average molecular weight is 254 g/mol. The van der Waals surface area contributed by atoms with Crippen LogP contribution in [0.15, 0.2) is 0 Å². The van der Waals surface area contributed by atoms with Gasteiger partial charge in [0.1, 0.15) is 12.2 Å². The highest BCUT2D eigenvalue weighted by Gasteiger charge is 2.26. The van der Waals surface area contributed by atoms with E-state index in [2.05, 4.69) is 13.8 Å². The lowest BCUT2D eigenvalue weighted by atomic mass is 9.88. The van der Waals surface area contributed by atoms with Crippen LogP contribution < -0.4 is 0 Å². The van der Waals surface area contributed by atoms with Gasteiger partial charge < -0.3 is 9.47 Å². The van der Waals surface area contributed by atoms with E-state index >= 15 is 0 Å². The highest BCUT2D eigenvalue weighted by Crippen LogP contribution is 2.28. The average Bonchev–Trinajstić information content (AvgIpc) is 2.28. The predicted molar refractivity (Wildman–Crippen MR) is 70.4 cm³/mol. The minimum absolute atomic E-state index is 0.0854. The van der Waals surface area contributed by atoms with Gasteiger partial charge in [-0.25, -0.2) is 4.79 Å². The minimum Gasteiger partial charge on any atom is -0.431 e. The summed E-state index contributed by atoms with van der Waals surface area (Å²) in [6.45, 7) is 4.45. The maximum Gasteiger partial charge on any atom is 0.508 e. The molecule has 2 aliphatic rings. The summed E-state index contributed by atoms with van der Waals surface area (Å²) in [5, 5.41) is 0. The van der Waals surface area contributed by atoms with E-state index in [0.717, 1.165) is 25.7 Å². The van der Waals surface area contributed by atoms with Crippen molar-refractivity contribution in [1.29, 1.82) is 0 Å². The molecular formula is C15H26O3. The van der Waals surface area contributed by atoms with Crippen molar-refractivity contribution in [1.82, 2.24) is 0 Å². The molecule has 2 aliphatic carbocycles. The van der Waals surface area contributed by atoms with Crippen molar-refractivity contribution in [3.8, 4) is 0 Å². The topological polar surface area (TPSA) is 35.5 Å². The Morgan fingerprint density at radius 1 is 0.833 bits per heavy atom. The Morgan fingerprint density at radius 2 is 1.28 bits per heavy atom. The normalized spacial score (nSPS) is 37.0. The maximum absolute atomic E-state index is 11.7. The second-order valence-corrected chi connectivity index (χ2v) is 6.27. The van der Waals surface area contributed by atoms with Crippen LogP contribution in [0.4, 0.5) is 4.79 Å². The molecule has 2 fully saturated rings. The number of carbonyl (C=O) groups is 1. The fourth-order valence-electron chi connectivity index (χ4n) is 3.27. The molecule has 0 heterocycles. The van der Waals surface area contributed by atoms with Crippen LogP contribution in [0.1, 0.15) is 65.2 Å². The molecule has 4 atom stereocenters. The molecule has 0 spiro atoms. The monoisotopic (exact) mass is 254 g/mol. The molecule has 0 aliphatic heterocycles. The molecule has 0 amide bonds. The summed E-state index contributed by atoms with van der Waals surface area (Å²) in [7, 11) is 0. The first-order valence-corrected chi connectivity index (χ1v) is 7.50. The molecule has 104 valence electrons. The standard InChI is InChI=1S/C15H26O3/c1-11-5-3-7-13(9-11)17-15(16)18-14-8-4-6-12(2)10-14/h11-14H,3-10H2,1-2H3. The van der Waals surface area contributed by atoms with E-state index in [-0.39, 0.29) is 12.2 Å². The van der Waals surface area contributed by atoms with Gasteiger partial charge in [-0.3, -0.25) is 0 Å². The van der Waals surface area contributed by atoms with Crippen LogP contribution in [0.5, 0.6) is 0 Å². The molecule has 3 heteroatoms. The second-order valence-electron chi connectivity index (χ2n) is 6.27. The van der Waals surface area contributed by atoms with Gasteiger partial charge in [0.25, 0.3) is 0 Å². The van der Waals surface area contributed by atoms with Crippen LogP contribution in [0.25, 0.3) is 0 Å². The third-order valence-corrected chi connectivity index (χ3v) is 4.30. The zero-order chi connectivity index (χ0) is 13.0. The highest BCUT2D eigenvalue weighted by molar-refractivity contribution is 5.60. The Bertz CT molecular complexity index is 251. The first kappa shape index (κ1) is 13.7. The van der Waals surface area contributed by atoms with E-state index in [9.17, 15) is 4.79 Å². The molecule has 2 saturated carbocycles. The van der Waals surface area contributed by atoms with Crippen molar-refractivity contribution in [2.75, 3.05) is 0 Å². The van der Waals surface area contributed by atoms with E-state index in [4.69, 9.17) is 9.47 Å². The number of hydrogen-bond donors (Lipinski definition) is 0. The zero-order valence-electron chi connectivity index (χ0n) is 11.7. The number of rotatable bonds is 2. The fourth-order valence-corrected chi connectivity index (χ4v) is 3.27. The molecule has 2 rings (SSSR count). The van der Waals surface area contributed by atoms with E-state index in [1.165, 1.54) is 25.7 Å². The molecule has 0 aromatic carbocycles. The maximum atomic E-state index is 11.7. The van der Waals surface area contributed by atoms with Gasteiger partial charge in [-0.2, -0.15) is 0 Å². The fraction of sp³-hybridized carbons (Fsp3) is 0.933. The smallest absolute Gasteiger partial charge is 0.431 e. The lowest BCUT2D eigenvalue weighted by Crippen LogP contribution is -2.29. The molecule has 0 saturated heterocycles. The molecule has 4 unspecified atom stereocenters. The van der Waals surface area contributed by atoms with Crippen LogP contribution in [0.2, 0.25) is 0 Å². The van der Waals surface area contributed by atoms with Gasteiger partial charge in [-0.1, -0.05) is 26.7 Å². The summed E-state index contributed by atoms with van der Waals surface area (Å²) in [5.41, 5.74) is 0. The number of carbonyl (C=O) groups excluding carboxylic acids is 1. The van der Waals surface area contributed by atoms with Crippen molar-refractivity contribution in [3.63, 3.8) is 0 Å². The van der Waals surface area contributed by atoms with Crippen LogP contribution >= 0.6 is 0 Å². The van der Waals surface area contributed by atoms with Gasteiger partial charge in [0.15, 0.2) is 0 Å². The van der Waals surface area contributed by atoms with Crippen molar-refractivity contribution in [2.24, 2.45) is 11.8 Å². The Kier molecular flexibility index (Phi) is 4.90. The molecule has 0 aromatic rings. The summed E-state index contributed by atoms with van der Waals surface area (Å²) in [6.07, 6.45) is 8.58. The molecular weight excluding hydrogens is 228 g/mol. The van der Waals surface area contributed by atoms with Gasteiger partial charge in [0.2, 0.25) is 0 Å². The third-order valence-electron chi connectivity index (χ3n) is 4.30. The quantitative estimate of drug-likeness (QED) is 0.689. The SMILES string of the molecule is CC1CCCC(OC(=O)OC2CCCC(C)C2)C1. The van der Waals surface area contributed by atoms with E-state index in [0.29, 0.717) is 11.8 Å². The van der Waals surface area contributed by atoms with Gasteiger partial charge in [-0.05, 0) is 50.4 Å². The van der Waals surface area contributed by atoms with Crippen LogP contribution in [0, 0.1) is 11.8 Å². The van der Waals surface area contributed by atoms with Gasteiger partial charge in [0, 0.05) is 0 Å². The molecule has 0 bridgehead atoms. The van der Waals surface area contributed by atoms with Gasteiger partial charge >= 0.3 is 6.16 Å². The second kappa shape index (κ2) is 6.44. The van der Waals surface area contributed by atoms with E-state index in [1.807, 2.05) is 0 Å². The van der Waals surface area contributed by atoms with Crippen molar-refractivity contribution < 1.29 is 14.3 Å². The number of hydrogen-bond acceptors (Lipinski definition) is 3. The van der Waals surface area contributed by atoms with Crippen molar-refractivity contribution in [3.05, 3.63) is 0 Å². The van der Waals surface area contributed by atoms with Gasteiger partial charge in [-0.15, -0.1) is 0 Å². The van der Waals surface area contributed by atoms with Crippen LogP contribution in [-0.4, -0.2) is 18.4 Å². The molecule has 18 heavy (non-hydrogen) atoms. The lowest BCUT2D eigenvalue weighted by Gasteiger charge is -2.29. The van der Waals surface area contributed by atoms with Gasteiger partial charge in [0.05, 0.1) is 0 Å². The molecule has 0 aromatic heterocycles. The first-order valence-electron chi connectivity index (χ1n) is 7.50. The Balaban J connectivity index is 1.71. The van der Waals surface area contributed by atoms with Crippen LogP contribution in [-0.2, 0) is 9.47 Å². The third kappa shape index (κ3) is 4.18. The van der Waals surface area contributed by atoms with E-state index < -0.39 is 6.16 Å².